The van der Waals surface area contributed by atoms with E-state index in [0.29, 0.717) is 12.1 Å². The van der Waals surface area contributed by atoms with Crippen molar-refractivity contribution in [3.63, 3.8) is 0 Å². The molecule has 0 bridgehead atoms. The van der Waals surface area contributed by atoms with Crippen LogP contribution in [0.4, 0.5) is 0 Å². The fraction of sp³-hybridized carbons (Fsp3) is 0.938. The van der Waals surface area contributed by atoms with Crippen LogP contribution in [0.25, 0.3) is 0 Å². The SMILES string of the molecule is C(=NC1CCCCC1)=NC1CCCCC1.CCNC.[HH]. The average molecular weight is 267 g/mol. The molecule has 0 aromatic carbocycles. The monoisotopic (exact) mass is 267 g/mol. The van der Waals surface area contributed by atoms with Crippen molar-refractivity contribution >= 4 is 6.01 Å². The van der Waals surface area contributed by atoms with Crippen LogP contribution in [-0.4, -0.2) is 31.7 Å². The lowest BCUT2D eigenvalue weighted by molar-refractivity contribution is 0.438. The van der Waals surface area contributed by atoms with Crippen LogP contribution in [0.5, 0.6) is 0 Å². The minimum absolute atomic E-state index is 0. The van der Waals surface area contributed by atoms with Crippen molar-refractivity contribution in [1.29, 1.82) is 0 Å². The molecule has 1 N–H and O–H groups in total. The maximum Gasteiger partial charge on any atom is 0.0898 e. The standard InChI is InChI=1S/C13H22N2.C3H9N.H2/c1-3-7-12(8-4-1)14-11-15-13-9-5-2-6-10-13;1-3-4-2;/h12-13H,1-10H2;4H,3H2,1-2H3;1H. The van der Waals surface area contributed by atoms with Gasteiger partial charge in [0.1, 0.15) is 0 Å². The van der Waals surface area contributed by atoms with E-state index in [1.807, 2.05) is 7.05 Å². The van der Waals surface area contributed by atoms with E-state index in [1.54, 1.807) is 0 Å². The maximum atomic E-state index is 4.46. The van der Waals surface area contributed by atoms with Gasteiger partial charge in [0.25, 0.3) is 0 Å². The van der Waals surface area contributed by atoms with E-state index >= 15 is 0 Å². The molecule has 0 amide bonds. The second kappa shape index (κ2) is 11.2. The van der Waals surface area contributed by atoms with E-state index in [0.717, 1.165) is 6.54 Å². The summed E-state index contributed by atoms with van der Waals surface area (Å²) in [7, 11) is 1.93. The number of rotatable bonds is 3. The molecule has 2 rings (SSSR count). The van der Waals surface area contributed by atoms with Gasteiger partial charge < -0.3 is 5.32 Å². The first-order chi connectivity index (χ1) is 9.36. The third-order valence-electron chi connectivity index (χ3n) is 3.98. The van der Waals surface area contributed by atoms with Crippen molar-refractivity contribution in [3.8, 4) is 0 Å². The van der Waals surface area contributed by atoms with E-state index < -0.39 is 0 Å². The van der Waals surface area contributed by atoms with Crippen LogP contribution < -0.4 is 5.32 Å². The molecular formula is C16H33N3. The van der Waals surface area contributed by atoms with Gasteiger partial charge in [0.15, 0.2) is 0 Å². The Morgan fingerprint density at radius 3 is 1.58 bits per heavy atom. The summed E-state index contributed by atoms with van der Waals surface area (Å²) in [6, 6.07) is 4.04. The molecule has 3 nitrogen and oxygen atoms in total. The number of nitrogens with one attached hydrogen (secondary N) is 1. The minimum atomic E-state index is 0. The molecule has 0 radical (unpaired) electrons. The molecule has 0 aromatic heterocycles. The fourth-order valence-electron chi connectivity index (χ4n) is 2.62. The van der Waals surface area contributed by atoms with E-state index in [1.165, 1.54) is 64.2 Å². The molecule has 0 heterocycles. The normalized spacial score (nSPS) is 20.9. The Bertz CT molecular complexity index is 239. The van der Waals surface area contributed by atoms with Gasteiger partial charge in [-0.1, -0.05) is 45.4 Å². The van der Waals surface area contributed by atoms with Crippen LogP contribution in [0.2, 0.25) is 0 Å². The molecule has 3 heteroatoms. The summed E-state index contributed by atoms with van der Waals surface area (Å²) in [6.45, 7) is 3.14. The largest absolute Gasteiger partial charge is 0.320 e. The highest BCUT2D eigenvalue weighted by molar-refractivity contribution is 5.42. The Morgan fingerprint density at radius 1 is 0.895 bits per heavy atom. The van der Waals surface area contributed by atoms with Gasteiger partial charge in [-0.05, 0) is 39.3 Å². The molecule has 2 saturated carbocycles. The summed E-state index contributed by atoms with van der Waals surface area (Å²) < 4.78 is 0. The van der Waals surface area contributed by atoms with Gasteiger partial charge in [0.2, 0.25) is 0 Å². The molecule has 2 fully saturated rings. The Morgan fingerprint density at radius 2 is 1.26 bits per heavy atom. The van der Waals surface area contributed by atoms with Crippen LogP contribution in [-0.2, 0) is 0 Å². The number of hydrogen-bond donors (Lipinski definition) is 1. The number of hydrogen-bond acceptors (Lipinski definition) is 3. The minimum Gasteiger partial charge on any atom is -0.320 e. The predicted octanol–water partition coefficient (Wildman–Crippen LogP) is 4.30. The van der Waals surface area contributed by atoms with Gasteiger partial charge in [-0.15, -0.1) is 0 Å². The second-order valence-electron chi connectivity index (χ2n) is 5.65. The molecule has 2 aliphatic carbocycles. The molecule has 0 aromatic rings. The lowest BCUT2D eigenvalue weighted by Gasteiger charge is -2.17. The number of aliphatic imine (C=N–C) groups is 2. The van der Waals surface area contributed by atoms with Crippen LogP contribution in [0.3, 0.4) is 0 Å². The average Bonchev–Trinajstić information content (AvgIpc) is 2.50. The third kappa shape index (κ3) is 8.18. The molecule has 0 atom stereocenters. The van der Waals surface area contributed by atoms with E-state index in [-0.39, 0.29) is 1.43 Å². The Balaban J connectivity index is 0.000000644. The van der Waals surface area contributed by atoms with E-state index in [2.05, 4.69) is 28.2 Å². The zero-order valence-corrected chi connectivity index (χ0v) is 12.8. The van der Waals surface area contributed by atoms with Crippen molar-refractivity contribution in [3.05, 3.63) is 0 Å². The van der Waals surface area contributed by atoms with E-state index in [9.17, 15) is 0 Å². The lowest BCUT2D eigenvalue weighted by atomic mass is 9.96. The van der Waals surface area contributed by atoms with Crippen LogP contribution in [0.1, 0.15) is 72.6 Å². The summed E-state index contributed by atoms with van der Waals surface area (Å²) in [4.78, 5) is 8.92. The van der Waals surface area contributed by atoms with Crippen molar-refractivity contribution in [2.45, 2.75) is 83.2 Å². The van der Waals surface area contributed by atoms with Gasteiger partial charge in [-0.2, -0.15) is 0 Å². The summed E-state index contributed by atoms with van der Waals surface area (Å²) in [5.74, 6) is 0. The van der Waals surface area contributed by atoms with Crippen molar-refractivity contribution < 1.29 is 1.43 Å². The summed E-state index contributed by atoms with van der Waals surface area (Å²) in [5.41, 5.74) is 0. The van der Waals surface area contributed by atoms with Gasteiger partial charge in [0, 0.05) is 1.43 Å². The Hall–Kier alpha value is -0.660. The summed E-state index contributed by atoms with van der Waals surface area (Å²) >= 11 is 0. The molecule has 2 aliphatic rings. The zero-order chi connectivity index (χ0) is 13.8. The summed E-state index contributed by atoms with van der Waals surface area (Å²) in [5, 5.41) is 2.93. The van der Waals surface area contributed by atoms with Crippen LogP contribution >= 0.6 is 0 Å². The zero-order valence-electron chi connectivity index (χ0n) is 12.8. The highest BCUT2D eigenvalue weighted by atomic mass is 14.9. The second-order valence-corrected chi connectivity index (χ2v) is 5.65. The topological polar surface area (TPSA) is 36.8 Å². The molecule has 0 aliphatic heterocycles. The van der Waals surface area contributed by atoms with Crippen LogP contribution in [0.15, 0.2) is 9.98 Å². The van der Waals surface area contributed by atoms with Gasteiger partial charge >= 0.3 is 0 Å². The maximum absolute atomic E-state index is 4.46. The molecule has 0 saturated heterocycles. The molecule has 112 valence electrons. The Kier molecular flexibility index (Phi) is 9.66. The molecule has 0 unspecified atom stereocenters. The smallest absolute Gasteiger partial charge is 0.0898 e. The van der Waals surface area contributed by atoms with Gasteiger partial charge in [-0.3, -0.25) is 0 Å². The van der Waals surface area contributed by atoms with E-state index in [4.69, 9.17) is 0 Å². The van der Waals surface area contributed by atoms with Gasteiger partial charge in [-0.25, -0.2) is 9.98 Å². The van der Waals surface area contributed by atoms with Crippen molar-refractivity contribution in [2.24, 2.45) is 9.98 Å². The highest BCUT2D eigenvalue weighted by Crippen LogP contribution is 2.21. The van der Waals surface area contributed by atoms with Crippen LogP contribution in [0, 0.1) is 0 Å². The molecule has 0 spiro atoms. The predicted molar refractivity (Wildman–Crippen MR) is 85.3 cm³/mol. The lowest BCUT2D eigenvalue weighted by Crippen LogP contribution is -2.10. The van der Waals surface area contributed by atoms with Gasteiger partial charge in [0.05, 0.1) is 18.1 Å². The quantitative estimate of drug-likeness (QED) is 0.761. The third-order valence-corrected chi connectivity index (χ3v) is 3.98. The highest BCUT2D eigenvalue weighted by Gasteiger charge is 2.12. The first-order valence-corrected chi connectivity index (χ1v) is 8.16. The molecular weight excluding hydrogens is 234 g/mol. The number of nitrogens with zero attached hydrogens (tertiary/aromatic N) is 2. The van der Waals surface area contributed by atoms with Crippen molar-refractivity contribution in [1.82, 2.24) is 5.32 Å². The first kappa shape index (κ1) is 16.4. The molecule has 19 heavy (non-hydrogen) atoms. The first-order valence-electron chi connectivity index (χ1n) is 8.16. The van der Waals surface area contributed by atoms with Crippen molar-refractivity contribution in [2.75, 3.05) is 13.6 Å². The summed E-state index contributed by atoms with van der Waals surface area (Å²) in [6.07, 6.45) is 13.2. The fourth-order valence-corrected chi connectivity index (χ4v) is 2.62. The Labute approximate surface area is 120 Å².